The number of carbonyl (C=O) groups excluding carboxylic acids is 1. The average molecular weight is 362 g/mol. The molecule has 1 unspecified atom stereocenters. The molecule has 0 radical (unpaired) electrons. The summed E-state index contributed by atoms with van der Waals surface area (Å²) in [5, 5.41) is 3.31. The van der Waals surface area contributed by atoms with Crippen molar-refractivity contribution in [2.75, 3.05) is 33.7 Å². The monoisotopic (exact) mass is 361 g/mol. The summed E-state index contributed by atoms with van der Waals surface area (Å²) in [7, 11) is 4.02. The minimum absolute atomic E-state index is 0. The third kappa shape index (κ3) is 5.64. The Hall–Kier alpha value is -0.810. The number of hydrogen-bond acceptors (Lipinski definition) is 3. The highest BCUT2D eigenvalue weighted by Crippen LogP contribution is 2.23. The number of rotatable bonds is 5. The number of hydrogen-bond donors (Lipinski definition) is 1. The summed E-state index contributed by atoms with van der Waals surface area (Å²) in [5.74, 6) is 0.236. The Kier molecular flexibility index (Phi) is 10.5. The van der Waals surface area contributed by atoms with Crippen molar-refractivity contribution in [3.05, 3.63) is 35.9 Å². The molecule has 1 aromatic carbocycles. The van der Waals surface area contributed by atoms with Crippen LogP contribution < -0.4 is 5.32 Å². The number of nitrogens with one attached hydrogen (secondary N) is 1. The molecule has 0 aliphatic carbocycles. The van der Waals surface area contributed by atoms with E-state index in [0.717, 1.165) is 38.0 Å². The third-order valence-corrected chi connectivity index (χ3v) is 4.50. The fourth-order valence-electron chi connectivity index (χ4n) is 2.96. The maximum atomic E-state index is 13.0. The number of likely N-dealkylation sites (tertiary alicyclic amines) is 1. The number of halogens is 2. The van der Waals surface area contributed by atoms with E-state index >= 15 is 0 Å². The molecule has 1 heterocycles. The Bertz CT molecular complexity index is 450. The van der Waals surface area contributed by atoms with Crippen LogP contribution >= 0.6 is 24.8 Å². The molecule has 6 heteroatoms. The third-order valence-electron chi connectivity index (χ3n) is 4.50. The van der Waals surface area contributed by atoms with Gasteiger partial charge in [0.15, 0.2) is 0 Å². The molecule has 1 aliphatic rings. The van der Waals surface area contributed by atoms with Gasteiger partial charge in [-0.3, -0.25) is 9.69 Å². The fourth-order valence-corrected chi connectivity index (χ4v) is 2.96. The van der Waals surface area contributed by atoms with Crippen molar-refractivity contribution in [3.8, 4) is 0 Å². The molecule has 0 saturated carbocycles. The van der Waals surface area contributed by atoms with Crippen molar-refractivity contribution in [3.63, 3.8) is 0 Å². The van der Waals surface area contributed by atoms with Crippen LogP contribution in [0.3, 0.4) is 0 Å². The Morgan fingerprint density at radius 2 is 1.83 bits per heavy atom. The highest BCUT2D eigenvalue weighted by molar-refractivity contribution is 5.85. The Morgan fingerprint density at radius 3 is 2.30 bits per heavy atom. The molecule has 2 rings (SSSR count). The van der Waals surface area contributed by atoms with Gasteiger partial charge in [-0.15, -0.1) is 24.8 Å². The molecule has 132 valence electrons. The summed E-state index contributed by atoms with van der Waals surface area (Å²) in [6.45, 7) is 4.66. The molecule has 1 amide bonds. The van der Waals surface area contributed by atoms with Crippen LogP contribution in [-0.2, 0) is 4.79 Å². The number of likely N-dealkylation sites (N-methyl/N-ethyl adjacent to an activating group) is 1. The van der Waals surface area contributed by atoms with Gasteiger partial charge in [-0.25, -0.2) is 0 Å². The molecule has 1 N–H and O–H groups in total. The quantitative estimate of drug-likeness (QED) is 0.875. The van der Waals surface area contributed by atoms with E-state index in [4.69, 9.17) is 0 Å². The van der Waals surface area contributed by atoms with Gasteiger partial charge < -0.3 is 10.2 Å². The van der Waals surface area contributed by atoms with Gasteiger partial charge in [0.1, 0.15) is 6.04 Å². The zero-order chi connectivity index (χ0) is 15.2. The van der Waals surface area contributed by atoms with Gasteiger partial charge in [0, 0.05) is 19.1 Å². The van der Waals surface area contributed by atoms with Gasteiger partial charge in [-0.1, -0.05) is 37.3 Å². The van der Waals surface area contributed by atoms with E-state index in [9.17, 15) is 4.79 Å². The molecule has 1 saturated heterocycles. The highest BCUT2D eigenvalue weighted by atomic mass is 35.5. The van der Waals surface area contributed by atoms with Gasteiger partial charge in [0.25, 0.3) is 0 Å². The summed E-state index contributed by atoms with van der Waals surface area (Å²) in [4.78, 5) is 17.1. The van der Waals surface area contributed by atoms with Crippen molar-refractivity contribution < 1.29 is 4.79 Å². The van der Waals surface area contributed by atoms with Gasteiger partial charge in [0.2, 0.25) is 5.91 Å². The standard InChI is InChI=1S/C17H27N3O.2ClH/c1-4-19(3)16(14-8-6-5-7-9-14)17(21)20-12-10-15(18-2)11-13-20;;/h5-9,15-16,18H,4,10-13H2,1-3H3;2*1H. The largest absolute Gasteiger partial charge is 0.341 e. The lowest BCUT2D eigenvalue weighted by molar-refractivity contribution is -0.137. The summed E-state index contributed by atoms with van der Waals surface area (Å²) in [5.41, 5.74) is 1.09. The van der Waals surface area contributed by atoms with Crippen molar-refractivity contribution in [1.82, 2.24) is 15.1 Å². The number of amides is 1. The van der Waals surface area contributed by atoms with Crippen molar-refractivity contribution in [1.29, 1.82) is 0 Å². The van der Waals surface area contributed by atoms with Crippen LogP contribution in [-0.4, -0.2) is 55.5 Å². The van der Waals surface area contributed by atoms with Crippen LogP contribution in [0.4, 0.5) is 0 Å². The zero-order valence-corrected chi connectivity index (χ0v) is 15.8. The molecule has 1 aromatic rings. The normalized spacial score (nSPS) is 16.4. The lowest BCUT2D eigenvalue weighted by Gasteiger charge is -2.36. The van der Waals surface area contributed by atoms with Crippen molar-refractivity contribution in [2.45, 2.75) is 31.8 Å². The number of nitrogens with zero attached hydrogens (tertiary/aromatic N) is 2. The Balaban J connectivity index is 0.00000242. The van der Waals surface area contributed by atoms with E-state index in [1.165, 1.54) is 0 Å². The number of carbonyl (C=O) groups is 1. The van der Waals surface area contributed by atoms with Crippen LogP contribution in [0.2, 0.25) is 0 Å². The molecule has 0 aromatic heterocycles. The molecule has 4 nitrogen and oxygen atoms in total. The summed E-state index contributed by atoms with van der Waals surface area (Å²) in [6.07, 6.45) is 2.08. The lowest BCUT2D eigenvalue weighted by atomic mass is 10.0. The minimum atomic E-state index is -0.165. The van der Waals surface area contributed by atoms with Crippen LogP contribution in [0.1, 0.15) is 31.4 Å². The smallest absolute Gasteiger partial charge is 0.244 e. The van der Waals surface area contributed by atoms with Gasteiger partial charge in [0.05, 0.1) is 0 Å². The number of piperidine rings is 1. The maximum absolute atomic E-state index is 13.0. The average Bonchev–Trinajstić information content (AvgIpc) is 2.55. The summed E-state index contributed by atoms with van der Waals surface area (Å²) in [6, 6.07) is 10.5. The van der Waals surface area contributed by atoms with E-state index < -0.39 is 0 Å². The summed E-state index contributed by atoms with van der Waals surface area (Å²) >= 11 is 0. The van der Waals surface area contributed by atoms with Gasteiger partial charge in [-0.05, 0) is 39.0 Å². The van der Waals surface area contributed by atoms with Crippen LogP contribution in [0, 0.1) is 0 Å². The first-order valence-electron chi connectivity index (χ1n) is 7.88. The highest BCUT2D eigenvalue weighted by Gasteiger charge is 2.30. The SMILES string of the molecule is CCN(C)C(C(=O)N1CCC(NC)CC1)c1ccccc1.Cl.Cl. The van der Waals surface area contributed by atoms with Gasteiger partial charge in [-0.2, -0.15) is 0 Å². The molecule has 0 spiro atoms. The second-order valence-corrected chi connectivity index (χ2v) is 5.77. The molecule has 23 heavy (non-hydrogen) atoms. The molecule has 1 fully saturated rings. The minimum Gasteiger partial charge on any atom is -0.341 e. The second kappa shape index (κ2) is 10.9. The van der Waals surface area contributed by atoms with Gasteiger partial charge >= 0.3 is 0 Å². The topological polar surface area (TPSA) is 35.6 Å². The molecule has 1 aliphatic heterocycles. The lowest BCUT2D eigenvalue weighted by Crippen LogP contribution is -2.48. The maximum Gasteiger partial charge on any atom is 0.244 e. The zero-order valence-electron chi connectivity index (χ0n) is 14.2. The molecular formula is C17H29Cl2N3O. The van der Waals surface area contributed by atoms with E-state index in [2.05, 4.69) is 29.3 Å². The van der Waals surface area contributed by atoms with Crippen molar-refractivity contribution >= 4 is 30.7 Å². The predicted octanol–water partition coefficient (Wildman–Crippen LogP) is 2.73. The van der Waals surface area contributed by atoms with Crippen LogP contribution in [0.25, 0.3) is 0 Å². The second-order valence-electron chi connectivity index (χ2n) is 5.77. The first-order chi connectivity index (χ1) is 10.2. The Labute approximate surface area is 152 Å². The summed E-state index contributed by atoms with van der Waals surface area (Å²) < 4.78 is 0. The van der Waals surface area contributed by atoms with Crippen LogP contribution in [0.5, 0.6) is 0 Å². The van der Waals surface area contributed by atoms with E-state index in [-0.39, 0.29) is 36.8 Å². The van der Waals surface area contributed by atoms with E-state index in [1.807, 2.05) is 37.2 Å². The number of benzene rings is 1. The first kappa shape index (κ1) is 22.2. The molecule has 0 bridgehead atoms. The van der Waals surface area contributed by atoms with E-state index in [0.29, 0.717) is 6.04 Å². The fraction of sp³-hybridized carbons (Fsp3) is 0.588. The molecule has 1 atom stereocenters. The predicted molar refractivity (Wildman–Crippen MR) is 101 cm³/mol. The first-order valence-corrected chi connectivity index (χ1v) is 7.88. The van der Waals surface area contributed by atoms with Crippen LogP contribution in [0.15, 0.2) is 30.3 Å². The van der Waals surface area contributed by atoms with Crippen molar-refractivity contribution in [2.24, 2.45) is 0 Å². The van der Waals surface area contributed by atoms with E-state index in [1.54, 1.807) is 0 Å². The Morgan fingerprint density at radius 1 is 1.26 bits per heavy atom. The molecular weight excluding hydrogens is 333 g/mol.